The van der Waals surface area contributed by atoms with Crippen molar-refractivity contribution in [3.63, 3.8) is 0 Å². The first-order chi connectivity index (χ1) is 8.86. The number of carbonyl (C=O) groups excluding carboxylic acids is 2. The van der Waals surface area contributed by atoms with E-state index in [0.29, 0.717) is 13.1 Å². The second-order valence-electron chi connectivity index (χ2n) is 5.12. The molecule has 0 aromatic rings. The summed E-state index contributed by atoms with van der Waals surface area (Å²) in [5.41, 5.74) is -0.435. The summed E-state index contributed by atoms with van der Waals surface area (Å²) in [6, 6.07) is 0. The summed E-state index contributed by atoms with van der Waals surface area (Å²) in [6.07, 6.45) is -1.06. The van der Waals surface area contributed by atoms with Crippen LogP contribution in [0.25, 0.3) is 0 Å². The van der Waals surface area contributed by atoms with Crippen molar-refractivity contribution in [1.82, 2.24) is 10.2 Å². The molecule has 0 saturated carbocycles. The van der Waals surface area contributed by atoms with Gasteiger partial charge < -0.3 is 14.6 Å². The van der Waals surface area contributed by atoms with Crippen molar-refractivity contribution in [2.24, 2.45) is 0 Å². The Bertz CT molecular complexity index is 332. The molecule has 0 aromatic heterocycles. The fourth-order valence-electron chi connectivity index (χ4n) is 2.16. The molecule has 0 spiro atoms. The number of hydrogen-bond acceptors (Lipinski definition) is 6. The van der Waals surface area contributed by atoms with Crippen LogP contribution in [0.4, 0.5) is 4.79 Å². The third kappa shape index (κ3) is 5.54. The van der Waals surface area contributed by atoms with Crippen molar-refractivity contribution in [1.29, 1.82) is 0 Å². The Morgan fingerprint density at radius 3 is 2.79 bits per heavy atom. The zero-order valence-electron chi connectivity index (χ0n) is 11.6. The molecule has 0 radical (unpaired) electrons. The highest BCUT2D eigenvalue weighted by Gasteiger charge is 2.33. The van der Waals surface area contributed by atoms with Crippen molar-refractivity contribution < 1.29 is 24.2 Å². The first-order valence-electron chi connectivity index (χ1n) is 6.34. The maximum Gasteiger partial charge on any atom is 0.413 e. The molecule has 1 heterocycles. The fourth-order valence-corrected chi connectivity index (χ4v) is 2.16. The van der Waals surface area contributed by atoms with E-state index in [2.05, 4.69) is 10.1 Å². The summed E-state index contributed by atoms with van der Waals surface area (Å²) in [6.45, 7) is 6.66. The van der Waals surface area contributed by atoms with Crippen LogP contribution in [0.15, 0.2) is 0 Å². The monoisotopic (exact) mass is 274 g/mol. The Hall–Kier alpha value is -1.18. The Morgan fingerprint density at radius 2 is 2.21 bits per heavy atom. The van der Waals surface area contributed by atoms with E-state index in [0.717, 1.165) is 0 Å². The van der Waals surface area contributed by atoms with Crippen molar-refractivity contribution in [2.75, 3.05) is 32.8 Å². The van der Waals surface area contributed by atoms with Crippen molar-refractivity contribution in [2.45, 2.75) is 32.5 Å². The number of alkyl carbamates (subject to hydrolysis) is 1. The van der Waals surface area contributed by atoms with Gasteiger partial charge in [0.15, 0.2) is 0 Å². The van der Waals surface area contributed by atoms with Gasteiger partial charge in [0.05, 0.1) is 31.5 Å². The van der Waals surface area contributed by atoms with Crippen molar-refractivity contribution >= 4 is 12.0 Å². The molecule has 2 amide bonds. The molecule has 1 atom stereocenters. The van der Waals surface area contributed by atoms with E-state index >= 15 is 0 Å². The number of aliphatic hydroxyl groups is 1. The highest BCUT2D eigenvalue weighted by molar-refractivity contribution is 5.92. The standard InChI is InChI=1S/C12H22N2O5/c1-4-18-11(17)13-10(16)6-14-5-9(7-15)19-12(2,3)8-14/h9,15H,4-8H2,1-3H3,(H,13,16,17). The van der Waals surface area contributed by atoms with E-state index in [-0.39, 0.29) is 25.9 Å². The van der Waals surface area contributed by atoms with Gasteiger partial charge in [0.2, 0.25) is 5.91 Å². The van der Waals surface area contributed by atoms with Gasteiger partial charge >= 0.3 is 6.09 Å². The van der Waals surface area contributed by atoms with Gasteiger partial charge in [0.25, 0.3) is 0 Å². The molecule has 7 heteroatoms. The highest BCUT2D eigenvalue weighted by atomic mass is 16.5. The lowest BCUT2D eigenvalue weighted by molar-refractivity contribution is -0.152. The molecular formula is C12H22N2O5. The Balaban J connectivity index is 2.46. The van der Waals surface area contributed by atoms with Gasteiger partial charge in [-0.2, -0.15) is 0 Å². The molecular weight excluding hydrogens is 252 g/mol. The summed E-state index contributed by atoms with van der Waals surface area (Å²) in [5.74, 6) is -0.423. The van der Waals surface area contributed by atoms with Gasteiger partial charge in [-0.3, -0.25) is 15.0 Å². The lowest BCUT2D eigenvalue weighted by atomic mass is 10.1. The predicted octanol–water partition coefficient (Wildman–Crippen LogP) is -0.269. The van der Waals surface area contributed by atoms with Gasteiger partial charge in [-0.05, 0) is 20.8 Å². The minimum absolute atomic E-state index is 0.0715. The predicted molar refractivity (Wildman–Crippen MR) is 67.6 cm³/mol. The largest absolute Gasteiger partial charge is 0.450 e. The van der Waals surface area contributed by atoms with E-state index < -0.39 is 17.6 Å². The Labute approximate surface area is 112 Å². The number of amides is 2. The average molecular weight is 274 g/mol. The van der Waals surface area contributed by atoms with Gasteiger partial charge in [0.1, 0.15) is 0 Å². The Morgan fingerprint density at radius 1 is 1.53 bits per heavy atom. The molecule has 1 unspecified atom stereocenters. The van der Waals surface area contributed by atoms with Crippen molar-refractivity contribution in [3.8, 4) is 0 Å². The van der Waals surface area contributed by atoms with Gasteiger partial charge in [-0.1, -0.05) is 0 Å². The van der Waals surface area contributed by atoms with E-state index in [1.807, 2.05) is 18.7 Å². The highest BCUT2D eigenvalue weighted by Crippen LogP contribution is 2.20. The lowest BCUT2D eigenvalue weighted by Gasteiger charge is -2.41. The number of carbonyl (C=O) groups is 2. The van der Waals surface area contributed by atoms with Crippen LogP contribution in [0.3, 0.4) is 0 Å². The maximum absolute atomic E-state index is 11.6. The Kier molecular flexibility index (Phi) is 5.71. The van der Waals surface area contributed by atoms with Crippen LogP contribution in [-0.2, 0) is 14.3 Å². The zero-order valence-corrected chi connectivity index (χ0v) is 11.6. The summed E-state index contributed by atoms with van der Waals surface area (Å²) < 4.78 is 10.3. The molecule has 1 fully saturated rings. The summed E-state index contributed by atoms with van der Waals surface area (Å²) >= 11 is 0. The number of hydrogen-bond donors (Lipinski definition) is 2. The minimum atomic E-state index is -0.737. The average Bonchev–Trinajstić information content (AvgIpc) is 2.26. The zero-order chi connectivity index (χ0) is 14.5. The smallest absolute Gasteiger partial charge is 0.413 e. The van der Waals surface area contributed by atoms with E-state index in [4.69, 9.17) is 9.84 Å². The van der Waals surface area contributed by atoms with Crippen LogP contribution >= 0.6 is 0 Å². The van der Waals surface area contributed by atoms with Crippen LogP contribution in [0.5, 0.6) is 0 Å². The molecule has 2 N–H and O–H groups in total. The van der Waals surface area contributed by atoms with Crippen LogP contribution in [0, 0.1) is 0 Å². The van der Waals surface area contributed by atoms with E-state index in [9.17, 15) is 9.59 Å². The minimum Gasteiger partial charge on any atom is -0.450 e. The number of imide groups is 1. The third-order valence-corrected chi connectivity index (χ3v) is 2.64. The summed E-state index contributed by atoms with van der Waals surface area (Å²) in [5, 5.41) is 11.3. The van der Waals surface area contributed by atoms with Gasteiger partial charge in [-0.15, -0.1) is 0 Å². The van der Waals surface area contributed by atoms with Crippen LogP contribution in [-0.4, -0.2) is 66.6 Å². The SMILES string of the molecule is CCOC(=O)NC(=O)CN1CC(CO)OC(C)(C)C1. The first kappa shape index (κ1) is 15.9. The van der Waals surface area contributed by atoms with Crippen LogP contribution in [0.1, 0.15) is 20.8 Å². The van der Waals surface area contributed by atoms with Gasteiger partial charge in [0, 0.05) is 13.1 Å². The molecule has 7 nitrogen and oxygen atoms in total. The first-order valence-corrected chi connectivity index (χ1v) is 6.34. The lowest BCUT2D eigenvalue weighted by Crippen LogP contribution is -2.56. The van der Waals surface area contributed by atoms with Crippen LogP contribution in [0.2, 0.25) is 0 Å². The van der Waals surface area contributed by atoms with Gasteiger partial charge in [-0.25, -0.2) is 4.79 Å². The second kappa shape index (κ2) is 6.83. The second-order valence-corrected chi connectivity index (χ2v) is 5.12. The normalized spacial score (nSPS) is 22.8. The fraction of sp³-hybridized carbons (Fsp3) is 0.833. The topological polar surface area (TPSA) is 88.1 Å². The molecule has 110 valence electrons. The molecule has 19 heavy (non-hydrogen) atoms. The number of morpholine rings is 1. The number of nitrogens with one attached hydrogen (secondary N) is 1. The van der Waals surface area contributed by atoms with E-state index in [1.165, 1.54) is 0 Å². The maximum atomic E-state index is 11.6. The van der Waals surface area contributed by atoms with Crippen molar-refractivity contribution in [3.05, 3.63) is 0 Å². The molecule has 1 rings (SSSR count). The summed E-state index contributed by atoms with van der Waals surface area (Å²) in [7, 11) is 0. The van der Waals surface area contributed by atoms with E-state index in [1.54, 1.807) is 6.92 Å². The molecule has 1 aliphatic heterocycles. The molecule has 0 aliphatic carbocycles. The summed E-state index contributed by atoms with van der Waals surface area (Å²) in [4.78, 5) is 24.6. The number of nitrogens with zero attached hydrogens (tertiary/aromatic N) is 1. The molecule has 0 aromatic carbocycles. The van der Waals surface area contributed by atoms with Crippen LogP contribution < -0.4 is 5.32 Å². The quantitative estimate of drug-likeness (QED) is 0.734. The molecule has 1 saturated heterocycles. The molecule has 1 aliphatic rings. The molecule has 0 bridgehead atoms. The third-order valence-electron chi connectivity index (χ3n) is 2.64. The number of aliphatic hydroxyl groups excluding tert-OH is 1. The number of ether oxygens (including phenoxy) is 2. The number of rotatable bonds is 4.